The molecule has 0 saturated carbocycles. The molecular formula is C10H19NO4S. The summed E-state index contributed by atoms with van der Waals surface area (Å²) in [6.07, 6.45) is 2.65. The van der Waals surface area contributed by atoms with E-state index in [1.165, 1.54) is 0 Å². The molecule has 5 nitrogen and oxygen atoms in total. The number of hydrogen-bond acceptors (Lipinski definition) is 5. The van der Waals surface area contributed by atoms with Gasteiger partial charge in [0.2, 0.25) is 0 Å². The van der Waals surface area contributed by atoms with Gasteiger partial charge in [0.1, 0.15) is 6.79 Å². The van der Waals surface area contributed by atoms with E-state index in [0.29, 0.717) is 19.1 Å². The Morgan fingerprint density at radius 3 is 2.75 bits per heavy atom. The lowest BCUT2D eigenvalue weighted by Gasteiger charge is -2.23. The van der Waals surface area contributed by atoms with Crippen LogP contribution in [0.25, 0.3) is 0 Å². The zero-order valence-corrected chi connectivity index (χ0v) is 10.2. The van der Waals surface area contributed by atoms with Gasteiger partial charge >= 0.3 is 0 Å². The summed E-state index contributed by atoms with van der Waals surface area (Å²) in [6, 6.07) is 0. The number of sulfone groups is 1. The van der Waals surface area contributed by atoms with Crippen molar-refractivity contribution < 1.29 is 17.9 Å². The molecule has 2 aliphatic heterocycles. The molecule has 0 aromatic carbocycles. The number of nitrogens with one attached hydrogen (secondary N) is 1. The van der Waals surface area contributed by atoms with E-state index in [1.54, 1.807) is 0 Å². The minimum atomic E-state index is -2.82. The maximum absolute atomic E-state index is 11.6. The van der Waals surface area contributed by atoms with E-state index in [1.807, 2.05) is 0 Å². The van der Waals surface area contributed by atoms with Crippen molar-refractivity contribution in [2.45, 2.75) is 30.6 Å². The second kappa shape index (κ2) is 5.44. The average molecular weight is 249 g/mol. The lowest BCUT2D eigenvalue weighted by Crippen LogP contribution is -2.38. The van der Waals surface area contributed by atoms with Crippen LogP contribution in [0.15, 0.2) is 0 Å². The summed E-state index contributed by atoms with van der Waals surface area (Å²) in [5.74, 6) is 0.354. The Kier molecular flexibility index (Phi) is 4.18. The molecule has 0 aromatic rings. The summed E-state index contributed by atoms with van der Waals surface area (Å²) in [5.41, 5.74) is 0. The molecule has 6 heteroatoms. The number of ether oxygens (including phenoxy) is 2. The highest BCUT2D eigenvalue weighted by Crippen LogP contribution is 2.19. The smallest absolute Gasteiger partial charge is 0.154 e. The Balaban J connectivity index is 1.67. The van der Waals surface area contributed by atoms with Crippen LogP contribution in [0.5, 0.6) is 0 Å². The molecule has 2 atom stereocenters. The zero-order valence-electron chi connectivity index (χ0n) is 9.35. The molecule has 1 N–H and O–H groups in total. The first-order valence-electron chi connectivity index (χ1n) is 5.80. The van der Waals surface area contributed by atoms with Gasteiger partial charge in [0.05, 0.1) is 23.7 Å². The Bertz CT molecular complexity index is 311. The van der Waals surface area contributed by atoms with Crippen LogP contribution in [-0.4, -0.2) is 52.0 Å². The molecule has 2 heterocycles. The first kappa shape index (κ1) is 12.3. The molecule has 0 aromatic heterocycles. The molecule has 0 aliphatic carbocycles. The first-order valence-corrected chi connectivity index (χ1v) is 7.51. The molecule has 2 saturated heterocycles. The molecule has 16 heavy (non-hydrogen) atoms. The third kappa shape index (κ3) is 3.16. The minimum Gasteiger partial charge on any atom is -0.355 e. The Labute approximate surface area is 96.4 Å². The van der Waals surface area contributed by atoms with Crippen LogP contribution in [0.3, 0.4) is 0 Å². The molecule has 0 radical (unpaired) electrons. The molecular weight excluding hydrogens is 230 g/mol. The maximum atomic E-state index is 11.6. The van der Waals surface area contributed by atoms with Crippen molar-refractivity contribution >= 4 is 9.84 Å². The zero-order chi connectivity index (χ0) is 11.4. The molecule has 0 amide bonds. The average Bonchev–Trinajstić information content (AvgIpc) is 2.60. The highest BCUT2D eigenvalue weighted by molar-refractivity contribution is 7.92. The van der Waals surface area contributed by atoms with Crippen LogP contribution in [0.2, 0.25) is 0 Å². The van der Waals surface area contributed by atoms with Gasteiger partial charge in [-0.25, -0.2) is 8.42 Å². The van der Waals surface area contributed by atoms with Crippen LogP contribution in [0.1, 0.15) is 19.3 Å². The molecule has 0 spiro atoms. The fraction of sp³-hybridized carbons (Fsp3) is 1.00. The highest BCUT2D eigenvalue weighted by atomic mass is 32.2. The van der Waals surface area contributed by atoms with Crippen LogP contribution < -0.4 is 5.32 Å². The highest BCUT2D eigenvalue weighted by Gasteiger charge is 2.30. The van der Waals surface area contributed by atoms with Gasteiger partial charge in [-0.15, -0.1) is 0 Å². The van der Waals surface area contributed by atoms with Crippen LogP contribution in [-0.2, 0) is 19.3 Å². The van der Waals surface area contributed by atoms with E-state index < -0.39 is 9.84 Å². The standard InChI is InChI=1S/C10H19NO4S/c12-16(13)5-1-2-10(16)7-11-6-9-3-4-14-8-15-9/h9-11H,1-8H2. The van der Waals surface area contributed by atoms with Gasteiger partial charge in [-0.1, -0.05) is 0 Å². The van der Waals surface area contributed by atoms with E-state index in [4.69, 9.17) is 9.47 Å². The summed E-state index contributed by atoms with van der Waals surface area (Å²) < 4.78 is 33.5. The SMILES string of the molecule is O=S1(=O)CCCC1CNCC1CCOCO1. The number of rotatable bonds is 4. The quantitative estimate of drug-likeness (QED) is 0.755. The molecule has 0 bridgehead atoms. The summed E-state index contributed by atoms with van der Waals surface area (Å²) in [5, 5.41) is 3.01. The van der Waals surface area contributed by atoms with Crippen molar-refractivity contribution in [3.63, 3.8) is 0 Å². The summed E-state index contributed by atoms with van der Waals surface area (Å²) >= 11 is 0. The van der Waals surface area contributed by atoms with E-state index in [2.05, 4.69) is 5.32 Å². The third-order valence-electron chi connectivity index (χ3n) is 3.18. The normalized spacial score (nSPS) is 34.0. The van der Waals surface area contributed by atoms with Gasteiger partial charge in [0.25, 0.3) is 0 Å². The third-order valence-corrected chi connectivity index (χ3v) is 5.45. The van der Waals surface area contributed by atoms with E-state index in [-0.39, 0.29) is 11.4 Å². The lowest BCUT2D eigenvalue weighted by molar-refractivity contribution is -0.137. The lowest BCUT2D eigenvalue weighted by atomic mass is 10.2. The van der Waals surface area contributed by atoms with Gasteiger partial charge in [-0.2, -0.15) is 0 Å². The molecule has 2 aliphatic rings. The van der Waals surface area contributed by atoms with Crippen LogP contribution >= 0.6 is 0 Å². The monoisotopic (exact) mass is 249 g/mol. The Morgan fingerprint density at radius 1 is 1.25 bits per heavy atom. The molecule has 2 rings (SSSR count). The van der Waals surface area contributed by atoms with E-state index >= 15 is 0 Å². The predicted molar refractivity (Wildman–Crippen MR) is 60.0 cm³/mol. The minimum absolute atomic E-state index is 0.165. The number of hydrogen-bond donors (Lipinski definition) is 1. The van der Waals surface area contributed by atoms with Crippen LogP contribution in [0, 0.1) is 0 Å². The van der Waals surface area contributed by atoms with Gasteiger partial charge in [0, 0.05) is 13.1 Å². The predicted octanol–water partition coefficient (Wildman–Crippen LogP) is -0.0838. The molecule has 94 valence electrons. The summed E-state index contributed by atoms with van der Waals surface area (Å²) in [7, 11) is -2.82. The van der Waals surface area contributed by atoms with Gasteiger partial charge in [-0.3, -0.25) is 0 Å². The molecule has 2 fully saturated rings. The van der Waals surface area contributed by atoms with E-state index in [9.17, 15) is 8.42 Å². The fourth-order valence-corrected chi connectivity index (χ4v) is 3.96. The second-order valence-electron chi connectivity index (χ2n) is 4.39. The van der Waals surface area contributed by atoms with Crippen molar-refractivity contribution in [2.75, 3.05) is 32.2 Å². The second-order valence-corrected chi connectivity index (χ2v) is 6.79. The van der Waals surface area contributed by atoms with Crippen molar-refractivity contribution in [3.8, 4) is 0 Å². The Morgan fingerprint density at radius 2 is 2.12 bits per heavy atom. The van der Waals surface area contributed by atoms with Crippen molar-refractivity contribution in [2.24, 2.45) is 0 Å². The molecule has 2 unspecified atom stereocenters. The Hall–Kier alpha value is -0.170. The van der Waals surface area contributed by atoms with Crippen molar-refractivity contribution in [1.82, 2.24) is 5.32 Å². The van der Waals surface area contributed by atoms with Gasteiger partial charge in [0.15, 0.2) is 9.84 Å². The van der Waals surface area contributed by atoms with Crippen molar-refractivity contribution in [1.29, 1.82) is 0 Å². The topological polar surface area (TPSA) is 64.6 Å². The largest absolute Gasteiger partial charge is 0.355 e. The maximum Gasteiger partial charge on any atom is 0.154 e. The first-order chi connectivity index (χ1) is 7.68. The van der Waals surface area contributed by atoms with Crippen molar-refractivity contribution in [3.05, 3.63) is 0 Å². The van der Waals surface area contributed by atoms with Gasteiger partial charge in [-0.05, 0) is 19.3 Å². The van der Waals surface area contributed by atoms with Crippen LogP contribution in [0.4, 0.5) is 0 Å². The summed E-state index contributed by atoms with van der Waals surface area (Å²) in [4.78, 5) is 0. The van der Waals surface area contributed by atoms with Gasteiger partial charge < -0.3 is 14.8 Å². The summed E-state index contributed by atoms with van der Waals surface area (Å²) in [6.45, 7) is 2.36. The fourth-order valence-electron chi connectivity index (χ4n) is 2.16. The van der Waals surface area contributed by atoms with E-state index in [0.717, 1.165) is 32.4 Å².